The van der Waals surface area contributed by atoms with Gasteiger partial charge in [0.1, 0.15) is 0 Å². The summed E-state index contributed by atoms with van der Waals surface area (Å²) in [5.74, 6) is -1.04. The molecule has 1 aliphatic heterocycles. The van der Waals surface area contributed by atoms with Crippen LogP contribution in [0.15, 0.2) is 53.6 Å². The molecule has 0 bridgehead atoms. The van der Waals surface area contributed by atoms with E-state index in [9.17, 15) is 19.7 Å². The minimum atomic E-state index is -0.545. The van der Waals surface area contributed by atoms with Crippen molar-refractivity contribution in [3.05, 3.63) is 64.2 Å². The lowest BCUT2D eigenvalue weighted by Crippen LogP contribution is -2.43. The van der Waals surface area contributed by atoms with Crippen LogP contribution in [0.2, 0.25) is 0 Å². The van der Waals surface area contributed by atoms with Gasteiger partial charge in [0.2, 0.25) is 5.78 Å². The first-order valence-corrected chi connectivity index (χ1v) is 6.99. The Hall–Kier alpha value is -3.55. The number of Topliss-reactive ketones (excluding diaryl/α,β-unsaturated/α-hetero) is 1. The molecule has 8 heteroatoms. The van der Waals surface area contributed by atoms with E-state index in [0.29, 0.717) is 16.9 Å². The molecule has 0 saturated carbocycles. The van der Waals surface area contributed by atoms with Crippen LogP contribution in [0.1, 0.15) is 10.4 Å². The number of carbonyl (C=O) groups is 2. The minimum Gasteiger partial charge on any atom is -0.309 e. The van der Waals surface area contributed by atoms with Crippen molar-refractivity contribution in [3.63, 3.8) is 0 Å². The summed E-state index contributed by atoms with van der Waals surface area (Å²) in [5.41, 5.74) is 3.33. The molecule has 0 spiro atoms. The van der Waals surface area contributed by atoms with E-state index in [-0.39, 0.29) is 11.4 Å². The van der Waals surface area contributed by atoms with Crippen molar-refractivity contribution in [2.24, 2.45) is 5.10 Å². The summed E-state index contributed by atoms with van der Waals surface area (Å²) in [6.45, 7) is 0. The van der Waals surface area contributed by atoms with E-state index in [4.69, 9.17) is 0 Å². The number of nitrogens with zero attached hydrogens (tertiary/aromatic N) is 3. The highest BCUT2D eigenvalue weighted by Crippen LogP contribution is 2.25. The third-order valence-corrected chi connectivity index (χ3v) is 3.59. The van der Waals surface area contributed by atoms with Gasteiger partial charge in [0.25, 0.3) is 11.6 Å². The van der Waals surface area contributed by atoms with Crippen molar-refractivity contribution in [1.29, 1.82) is 0 Å². The first-order valence-electron chi connectivity index (χ1n) is 6.99. The predicted octanol–water partition coefficient (Wildman–Crippen LogP) is 2.22. The lowest BCUT2D eigenvalue weighted by molar-refractivity contribution is -0.384. The van der Waals surface area contributed by atoms with Crippen molar-refractivity contribution in [2.45, 2.75) is 0 Å². The lowest BCUT2D eigenvalue weighted by atomic mass is 9.99. The number of nitro groups is 1. The molecule has 0 unspecified atom stereocenters. The molecule has 1 N–H and O–H groups in total. The number of benzene rings is 2. The first-order chi connectivity index (χ1) is 11.5. The number of para-hydroxylation sites is 1. The summed E-state index contributed by atoms with van der Waals surface area (Å²) in [4.78, 5) is 36.3. The Bertz CT molecular complexity index is 891. The minimum absolute atomic E-state index is 0.121. The summed E-state index contributed by atoms with van der Waals surface area (Å²) in [6.07, 6.45) is 0. The van der Waals surface area contributed by atoms with E-state index in [0.717, 1.165) is 0 Å². The van der Waals surface area contributed by atoms with Crippen LogP contribution >= 0.6 is 0 Å². The van der Waals surface area contributed by atoms with Crippen molar-refractivity contribution in [1.82, 2.24) is 0 Å². The monoisotopic (exact) mass is 324 g/mol. The molecule has 1 aliphatic rings. The molecule has 0 atom stereocenters. The number of hydrogen-bond donors (Lipinski definition) is 1. The number of hydrogen-bond acceptors (Lipinski definition) is 6. The lowest BCUT2D eigenvalue weighted by Gasteiger charge is -2.25. The molecule has 1 amide bonds. The van der Waals surface area contributed by atoms with Gasteiger partial charge in [-0.05, 0) is 18.2 Å². The van der Waals surface area contributed by atoms with Crippen LogP contribution in [0.4, 0.5) is 17.1 Å². The number of nitro benzene ring substituents is 1. The summed E-state index contributed by atoms with van der Waals surface area (Å²) < 4.78 is 0. The average molecular weight is 324 g/mol. The molecule has 0 saturated heterocycles. The Labute approximate surface area is 136 Å². The van der Waals surface area contributed by atoms with Gasteiger partial charge in [-0.15, -0.1) is 0 Å². The van der Waals surface area contributed by atoms with E-state index in [1.807, 2.05) is 0 Å². The fourth-order valence-corrected chi connectivity index (χ4v) is 2.36. The predicted molar refractivity (Wildman–Crippen MR) is 88.3 cm³/mol. The van der Waals surface area contributed by atoms with E-state index < -0.39 is 16.6 Å². The maximum atomic E-state index is 12.4. The van der Waals surface area contributed by atoms with Gasteiger partial charge < -0.3 is 4.90 Å². The summed E-state index contributed by atoms with van der Waals surface area (Å²) >= 11 is 0. The Kier molecular flexibility index (Phi) is 3.78. The molecule has 2 aromatic rings. The van der Waals surface area contributed by atoms with Gasteiger partial charge in [0.05, 0.1) is 16.3 Å². The average Bonchev–Trinajstić information content (AvgIpc) is 2.60. The number of carbonyl (C=O) groups excluding carboxylic acids is 2. The van der Waals surface area contributed by atoms with Crippen LogP contribution in [0.5, 0.6) is 0 Å². The van der Waals surface area contributed by atoms with Crippen LogP contribution in [0.3, 0.4) is 0 Å². The molecule has 24 heavy (non-hydrogen) atoms. The zero-order valence-corrected chi connectivity index (χ0v) is 12.6. The second-order valence-corrected chi connectivity index (χ2v) is 5.09. The van der Waals surface area contributed by atoms with Gasteiger partial charge in [0, 0.05) is 24.7 Å². The number of nitrogens with one attached hydrogen (secondary N) is 1. The molecule has 2 aromatic carbocycles. The van der Waals surface area contributed by atoms with Gasteiger partial charge in [-0.2, -0.15) is 5.10 Å². The Morgan fingerprint density at radius 2 is 1.88 bits per heavy atom. The molecular formula is C16H12N4O4. The number of fused-ring (bicyclic) bond motifs is 1. The maximum absolute atomic E-state index is 12.4. The van der Waals surface area contributed by atoms with Crippen molar-refractivity contribution in [2.75, 3.05) is 17.4 Å². The molecule has 120 valence electrons. The van der Waals surface area contributed by atoms with Crippen LogP contribution in [-0.4, -0.2) is 29.4 Å². The van der Waals surface area contributed by atoms with E-state index in [1.165, 1.54) is 23.1 Å². The smallest absolute Gasteiger partial charge is 0.282 e. The topological polar surface area (TPSA) is 105 Å². The third kappa shape index (κ3) is 2.60. The highest BCUT2D eigenvalue weighted by Gasteiger charge is 2.34. The van der Waals surface area contributed by atoms with E-state index >= 15 is 0 Å². The molecule has 1 heterocycles. The van der Waals surface area contributed by atoms with E-state index in [2.05, 4.69) is 10.5 Å². The normalized spacial score (nSPS) is 15.4. The van der Waals surface area contributed by atoms with Gasteiger partial charge in [-0.3, -0.25) is 25.1 Å². The van der Waals surface area contributed by atoms with Crippen molar-refractivity contribution in [3.8, 4) is 0 Å². The van der Waals surface area contributed by atoms with E-state index in [1.54, 1.807) is 37.4 Å². The van der Waals surface area contributed by atoms with Gasteiger partial charge in [-0.25, -0.2) is 0 Å². The first kappa shape index (κ1) is 15.3. The van der Waals surface area contributed by atoms with Crippen LogP contribution < -0.4 is 10.3 Å². The number of anilines is 2. The van der Waals surface area contributed by atoms with Crippen LogP contribution in [-0.2, 0) is 4.79 Å². The second kappa shape index (κ2) is 5.92. The summed E-state index contributed by atoms with van der Waals surface area (Å²) in [6, 6.07) is 12.3. The maximum Gasteiger partial charge on any atom is 0.282 e. The Morgan fingerprint density at radius 1 is 1.12 bits per heavy atom. The highest BCUT2D eigenvalue weighted by atomic mass is 16.6. The van der Waals surface area contributed by atoms with Gasteiger partial charge in [-0.1, -0.05) is 18.2 Å². The van der Waals surface area contributed by atoms with Gasteiger partial charge in [0.15, 0.2) is 5.71 Å². The Balaban J connectivity index is 1.93. The molecular weight excluding hydrogens is 312 g/mol. The number of rotatable bonds is 3. The third-order valence-electron chi connectivity index (χ3n) is 3.59. The number of amides is 1. The number of non-ortho nitro benzene ring substituents is 1. The quantitative estimate of drug-likeness (QED) is 0.688. The molecule has 0 aliphatic carbocycles. The SMILES string of the molecule is CN1C(=O)/C(=N\Nc2cccc([N+](=O)[O-])c2)C(=O)c2ccccc21. The summed E-state index contributed by atoms with van der Waals surface area (Å²) in [7, 11) is 1.55. The molecule has 0 radical (unpaired) electrons. The zero-order valence-electron chi connectivity index (χ0n) is 12.6. The largest absolute Gasteiger partial charge is 0.309 e. The standard InChI is InChI=1S/C16H12N4O4/c1-19-13-8-3-2-7-12(13)15(21)14(16(19)22)18-17-10-5-4-6-11(9-10)20(23)24/h2-9,17H,1H3/b18-14-. The number of ketones is 1. The second-order valence-electron chi connectivity index (χ2n) is 5.09. The Morgan fingerprint density at radius 3 is 2.62 bits per heavy atom. The fourth-order valence-electron chi connectivity index (χ4n) is 2.36. The zero-order chi connectivity index (χ0) is 17.3. The van der Waals surface area contributed by atoms with Gasteiger partial charge >= 0.3 is 0 Å². The molecule has 0 fully saturated rings. The van der Waals surface area contributed by atoms with Crippen LogP contribution in [0.25, 0.3) is 0 Å². The number of hydrazone groups is 1. The van der Waals surface area contributed by atoms with Crippen molar-refractivity contribution >= 4 is 34.5 Å². The fraction of sp³-hybridized carbons (Fsp3) is 0.0625. The molecule has 8 nitrogen and oxygen atoms in total. The molecule has 3 rings (SSSR count). The van der Waals surface area contributed by atoms with Crippen molar-refractivity contribution < 1.29 is 14.5 Å². The molecule has 0 aromatic heterocycles. The summed E-state index contributed by atoms with van der Waals surface area (Å²) in [5, 5.41) is 14.6. The van der Waals surface area contributed by atoms with Crippen LogP contribution in [0, 0.1) is 10.1 Å². The highest BCUT2D eigenvalue weighted by molar-refractivity contribution is 6.73.